The lowest BCUT2D eigenvalue weighted by Gasteiger charge is -2.35. The SMILES string of the molecule is CCNC(=O)N1CC[C@@]2(COC(=O)N2)[C@@H]1COC1CCC(c2ccccc2)CC1. The van der Waals surface area contributed by atoms with Gasteiger partial charge in [-0.3, -0.25) is 0 Å². The van der Waals surface area contributed by atoms with Gasteiger partial charge in [0.25, 0.3) is 0 Å². The molecule has 2 heterocycles. The summed E-state index contributed by atoms with van der Waals surface area (Å²) in [5.41, 5.74) is 0.873. The molecule has 7 heteroatoms. The van der Waals surface area contributed by atoms with Crippen molar-refractivity contribution in [3.05, 3.63) is 35.9 Å². The van der Waals surface area contributed by atoms with Crippen molar-refractivity contribution in [3.63, 3.8) is 0 Å². The molecule has 1 saturated carbocycles. The summed E-state index contributed by atoms with van der Waals surface area (Å²) in [4.78, 5) is 26.1. The lowest BCUT2D eigenvalue weighted by Crippen LogP contribution is -2.58. The normalized spacial score (nSPS) is 31.6. The lowest BCUT2D eigenvalue weighted by atomic mass is 9.82. The van der Waals surface area contributed by atoms with Crippen molar-refractivity contribution in [2.75, 3.05) is 26.3 Å². The highest BCUT2D eigenvalue weighted by Gasteiger charge is 2.54. The summed E-state index contributed by atoms with van der Waals surface area (Å²) in [6, 6.07) is 10.4. The summed E-state index contributed by atoms with van der Waals surface area (Å²) < 4.78 is 11.5. The van der Waals surface area contributed by atoms with E-state index in [4.69, 9.17) is 9.47 Å². The Bertz CT molecular complexity index is 720. The number of ether oxygens (including phenoxy) is 2. The van der Waals surface area contributed by atoms with Gasteiger partial charge in [0.1, 0.15) is 12.1 Å². The van der Waals surface area contributed by atoms with Crippen molar-refractivity contribution in [3.8, 4) is 0 Å². The zero-order chi connectivity index (χ0) is 20.3. The predicted octanol–water partition coefficient (Wildman–Crippen LogP) is 3.01. The molecule has 7 nitrogen and oxygen atoms in total. The number of benzene rings is 1. The van der Waals surface area contributed by atoms with Crippen LogP contribution in [0.25, 0.3) is 0 Å². The molecule has 2 saturated heterocycles. The van der Waals surface area contributed by atoms with E-state index in [9.17, 15) is 9.59 Å². The molecule has 2 N–H and O–H groups in total. The van der Waals surface area contributed by atoms with Crippen molar-refractivity contribution in [2.24, 2.45) is 0 Å². The average Bonchev–Trinajstić information content (AvgIpc) is 3.30. The molecule has 1 aromatic carbocycles. The maximum Gasteiger partial charge on any atom is 0.407 e. The number of alkyl carbamates (subject to hydrolysis) is 1. The largest absolute Gasteiger partial charge is 0.447 e. The van der Waals surface area contributed by atoms with E-state index in [1.807, 2.05) is 6.92 Å². The van der Waals surface area contributed by atoms with E-state index in [1.165, 1.54) is 5.56 Å². The van der Waals surface area contributed by atoms with Gasteiger partial charge >= 0.3 is 12.1 Å². The lowest BCUT2D eigenvalue weighted by molar-refractivity contribution is -0.0107. The van der Waals surface area contributed by atoms with E-state index in [-0.39, 0.29) is 24.8 Å². The maximum absolute atomic E-state index is 12.5. The summed E-state index contributed by atoms with van der Waals surface area (Å²) in [6.07, 6.45) is 4.74. The minimum atomic E-state index is -0.538. The first kappa shape index (κ1) is 20.0. The topological polar surface area (TPSA) is 79.9 Å². The van der Waals surface area contributed by atoms with Crippen molar-refractivity contribution in [1.82, 2.24) is 15.5 Å². The molecule has 2 aliphatic heterocycles. The molecular weight excluding hydrogens is 370 g/mol. The van der Waals surface area contributed by atoms with Gasteiger partial charge < -0.3 is 25.0 Å². The van der Waals surface area contributed by atoms with Crippen LogP contribution in [0, 0.1) is 0 Å². The average molecular weight is 402 g/mol. The summed E-state index contributed by atoms with van der Waals surface area (Å²) in [7, 11) is 0. The fourth-order valence-corrected chi connectivity index (χ4v) is 4.99. The first-order chi connectivity index (χ1) is 14.1. The van der Waals surface area contributed by atoms with Crippen LogP contribution in [0.2, 0.25) is 0 Å². The molecule has 2 atom stereocenters. The quantitative estimate of drug-likeness (QED) is 0.795. The molecule has 0 radical (unpaired) electrons. The van der Waals surface area contributed by atoms with Crippen LogP contribution in [0.5, 0.6) is 0 Å². The summed E-state index contributed by atoms with van der Waals surface area (Å²) in [6.45, 7) is 3.77. The van der Waals surface area contributed by atoms with Crippen molar-refractivity contribution >= 4 is 12.1 Å². The predicted molar refractivity (Wildman–Crippen MR) is 109 cm³/mol. The van der Waals surface area contributed by atoms with Crippen LogP contribution in [-0.4, -0.2) is 61.0 Å². The minimum absolute atomic E-state index is 0.105. The second kappa shape index (κ2) is 8.61. The number of nitrogens with zero attached hydrogens (tertiary/aromatic N) is 1. The van der Waals surface area contributed by atoms with Gasteiger partial charge in [0, 0.05) is 13.1 Å². The van der Waals surface area contributed by atoms with Crippen LogP contribution < -0.4 is 10.6 Å². The van der Waals surface area contributed by atoms with Gasteiger partial charge in [0.05, 0.1) is 18.8 Å². The van der Waals surface area contributed by atoms with Gasteiger partial charge in [-0.25, -0.2) is 9.59 Å². The third-order valence-corrected chi connectivity index (χ3v) is 6.65. The number of hydrogen-bond acceptors (Lipinski definition) is 4. The first-order valence-corrected chi connectivity index (χ1v) is 10.8. The third kappa shape index (κ3) is 4.20. The number of nitrogens with one attached hydrogen (secondary N) is 2. The molecule has 0 aromatic heterocycles. The molecule has 0 unspecified atom stereocenters. The second-order valence-electron chi connectivity index (χ2n) is 8.37. The number of rotatable bonds is 5. The third-order valence-electron chi connectivity index (χ3n) is 6.65. The Labute approximate surface area is 172 Å². The summed E-state index contributed by atoms with van der Waals surface area (Å²) in [5.74, 6) is 0.600. The molecule has 3 fully saturated rings. The molecule has 0 bridgehead atoms. The van der Waals surface area contributed by atoms with Crippen molar-refractivity contribution in [2.45, 2.75) is 62.6 Å². The van der Waals surface area contributed by atoms with Crippen LogP contribution in [0.1, 0.15) is 50.5 Å². The molecule has 1 spiro atoms. The Kier molecular flexibility index (Phi) is 5.94. The fourth-order valence-electron chi connectivity index (χ4n) is 4.99. The number of carbonyl (C=O) groups excluding carboxylic acids is 2. The van der Waals surface area contributed by atoms with Crippen LogP contribution in [0.3, 0.4) is 0 Å². The molecule has 3 amide bonds. The second-order valence-corrected chi connectivity index (χ2v) is 8.37. The van der Waals surface area contributed by atoms with Crippen LogP contribution in [-0.2, 0) is 9.47 Å². The van der Waals surface area contributed by atoms with E-state index < -0.39 is 11.6 Å². The number of hydrogen-bond donors (Lipinski definition) is 2. The van der Waals surface area contributed by atoms with E-state index >= 15 is 0 Å². The first-order valence-electron chi connectivity index (χ1n) is 10.8. The summed E-state index contributed by atoms with van der Waals surface area (Å²) in [5, 5.41) is 5.83. The number of amides is 3. The number of cyclic esters (lactones) is 1. The van der Waals surface area contributed by atoms with Gasteiger partial charge in [-0.15, -0.1) is 0 Å². The number of urea groups is 1. The van der Waals surface area contributed by atoms with Crippen molar-refractivity contribution < 1.29 is 19.1 Å². The van der Waals surface area contributed by atoms with E-state index in [2.05, 4.69) is 41.0 Å². The molecular formula is C22H31N3O4. The van der Waals surface area contributed by atoms with Gasteiger partial charge in [-0.1, -0.05) is 30.3 Å². The smallest absolute Gasteiger partial charge is 0.407 e. The van der Waals surface area contributed by atoms with Crippen LogP contribution >= 0.6 is 0 Å². The van der Waals surface area contributed by atoms with Gasteiger partial charge in [-0.05, 0) is 50.5 Å². The maximum atomic E-state index is 12.5. The van der Waals surface area contributed by atoms with Gasteiger partial charge in [0.15, 0.2) is 0 Å². The number of likely N-dealkylation sites (tertiary alicyclic amines) is 1. The Hall–Kier alpha value is -2.28. The molecule has 3 aliphatic rings. The zero-order valence-electron chi connectivity index (χ0n) is 17.1. The number of carbonyl (C=O) groups is 2. The van der Waals surface area contributed by atoms with Gasteiger partial charge in [0.2, 0.25) is 0 Å². The monoisotopic (exact) mass is 401 g/mol. The van der Waals surface area contributed by atoms with E-state index in [1.54, 1.807) is 4.90 Å². The molecule has 1 aromatic rings. The highest BCUT2D eigenvalue weighted by Crippen LogP contribution is 2.36. The Morgan fingerprint density at radius 3 is 2.69 bits per heavy atom. The van der Waals surface area contributed by atoms with Crippen LogP contribution in [0.4, 0.5) is 9.59 Å². The molecule has 158 valence electrons. The minimum Gasteiger partial charge on any atom is -0.447 e. The van der Waals surface area contributed by atoms with Crippen molar-refractivity contribution in [1.29, 1.82) is 0 Å². The van der Waals surface area contributed by atoms with Gasteiger partial charge in [-0.2, -0.15) is 0 Å². The molecule has 4 rings (SSSR count). The zero-order valence-corrected chi connectivity index (χ0v) is 17.1. The van der Waals surface area contributed by atoms with E-state index in [0.29, 0.717) is 32.0 Å². The van der Waals surface area contributed by atoms with E-state index in [0.717, 1.165) is 25.7 Å². The fraction of sp³-hybridized carbons (Fsp3) is 0.636. The molecule has 29 heavy (non-hydrogen) atoms. The Balaban J connectivity index is 1.36. The highest BCUT2D eigenvalue weighted by molar-refractivity contribution is 5.76. The molecule has 1 aliphatic carbocycles. The Morgan fingerprint density at radius 1 is 1.28 bits per heavy atom. The Morgan fingerprint density at radius 2 is 2.03 bits per heavy atom. The van der Waals surface area contributed by atoms with Crippen LogP contribution in [0.15, 0.2) is 30.3 Å². The summed E-state index contributed by atoms with van der Waals surface area (Å²) >= 11 is 0. The standard InChI is InChI=1S/C22H31N3O4/c1-2-23-20(26)25-13-12-22(15-29-21(27)24-22)19(25)14-28-18-10-8-17(9-11-18)16-6-4-3-5-7-16/h3-7,17-19H,2,8-15H2,1H3,(H,23,26)(H,24,27)/t17?,18?,19-,22+/m0/s1. The highest BCUT2D eigenvalue weighted by atomic mass is 16.6.